The third-order valence-electron chi connectivity index (χ3n) is 3.37. The van der Waals surface area contributed by atoms with Crippen molar-refractivity contribution >= 4 is 0 Å². The van der Waals surface area contributed by atoms with Crippen molar-refractivity contribution in [3.8, 4) is 5.75 Å². The van der Waals surface area contributed by atoms with E-state index in [9.17, 15) is 0 Å². The molecule has 0 saturated carbocycles. The molecule has 5 heteroatoms. The first-order valence-corrected chi connectivity index (χ1v) is 7.27. The van der Waals surface area contributed by atoms with Crippen LogP contribution in [0.4, 0.5) is 0 Å². The predicted octanol–water partition coefficient (Wildman–Crippen LogP) is 2.76. The van der Waals surface area contributed by atoms with Crippen molar-refractivity contribution in [3.05, 3.63) is 41.5 Å². The van der Waals surface area contributed by atoms with Crippen molar-refractivity contribution in [2.24, 2.45) is 11.7 Å². The van der Waals surface area contributed by atoms with Gasteiger partial charge in [-0.25, -0.2) is 0 Å². The van der Waals surface area contributed by atoms with E-state index in [1.807, 2.05) is 24.3 Å². The van der Waals surface area contributed by atoms with Crippen LogP contribution >= 0.6 is 0 Å². The van der Waals surface area contributed by atoms with Crippen LogP contribution in [0, 0.1) is 5.92 Å². The Labute approximate surface area is 125 Å². The maximum atomic E-state index is 5.81. The predicted molar refractivity (Wildman–Crippen MR) is 81.3 cm³/mol. The number of aromatic nitrogens is 2. The topological polar surface area (TPSA) is 74.2 Å². The van der Waals surface area contributed by atoms with Gasteiger partial charge in [0.25, 0.3) is 0 Å². The van der Waals surface area contributed by atoms with E-state index >= 15 is 0 Å². The molecule has 0 spiro atoms. The Morgan fingerprint density at radius 2 is 2.14 bits per heavy atom. The van der Waals surface area contributed by atoms with Crippen molar-refractivity contribution in [3.63, 3.8) is 0 Å². The van der Waals surface area contributed by atoms with Gasteiger partial charge >= 0.3 is 0 Å². The molecule has 0 fully saturated rings. The van der Waals surface area contributed by atoms with Crippen LogP contribution in [-0.4, -0.2) is 23.8 Å². The minimum atomic E-state index is 0.136. The van der Waals surface area contributed by atoms with Crippen molar-refractivity contribution in [1.82, 2.24) is 10.1 Å². The molecule has 1 aromatic heterocycles. The lowest BCUT2D eigenvalue weighted by Crippen LogP contribution is -2.15. The third-order valence-corrected chi connectivity index (χ3v) is 3.37. The molecule has 1 heterocycles. The van der Waals surface area contributed by atoms with E-state index in [4.69, 9.17) is 15.0 Å². The summed E-state index contributed by atoms with van der Waals surface area (Å²) in [5.74, 6) is 2.84. The average Bonchev–Trinajstić information content (AvgIpc) is 2.93. The molecule has 2 aromatic rings. The molecule has 2 rings (SSSR count). The van der Waals surface area contributed by atoms with Gasteiger partial charge in [0.2, 0.25) is 5.89 Å². The molecule has 114 valence electrons. The molecule has 1 unspecified atom stereocenters. The minimum Gasteiger partial charge on any atom is -0.497 e. The van der Waals surface area contributed by atoms with E-state index < -0.39 is 0 Å². The lowest BCUT2D eigenvalue weighted by molar-refractivity contribution is 0.332. The summed E-state index contributed by atoms with van der Waals surface area (Å²) in [7, 11) is 1.66. The van der Waals surface area contributed by atoms with Crippen molar-refractivity contribution in [2.75, 3.05) is 13.7 Å². The molecule has 1 aromatic carbocycles. The lowest BCUT2D eigenvalue weighted by Gasteiger charge is -2.11. The fraction of sp³-hybridized carbons (Fsp3) is 0.500. The molecule has 2 N–H and O–H groups in total. The standard InChI is InChI=1S/C16H23N3O2/c1-11(2)7-13(10-17)16-18-15(19-21-16)9-12-5-4-6-14(8-12)20-3/h4-6,8,11,13H,7,9-10,17H2,1-3H3. The zero-order valence-corrected chi connectivity index (χ0v) is 12.9. The highest BCUT2D eigenvalue weighted by atomic mass is 16.5. The summed E-state index contributed by atoms with van der Waals surface area (Å²) in [6.45, 7) is 4.85. The van der Waals surface area contributed by atoms with Crippen LogP contribution in [0.25, 0.3) is 0 Å². The first-order valence-electron chi connectivity index (χ1n) is 7.27. The van der Waals surface area contributed by atoms with Gasteiger partial charge in [-0.05, 0) is 30.0 Å². The van der Waals surface area contributed by atoms with Gasteiger partial charge < -0.3 is 15.0 Å². The quantitative estimate of drug-likeness (QED) is 0.848. The van der Waals surface area contributed by atoms with Gasteiger partial charge in [-0.15, -0.1) is 0 Å². The second-order valence-corrected chi connectivity index (χ2v) is 5.64. The van der Waals surface area contributed by atoms with Crippen LogP contribution in [0.15, 0.2) is 28.8 Å². The van der Waals surface area contributed by atoms with E-state index in [1.165, 1.54) is 0 Å². The molecule has 21 heavy (non-hydrogen) atoms. The first-order chi connectivity index (χ1) is 10.1. The second kappa shape index (κ2) is 7.22. The lowest BCUT2D eigenvalue weighted by atomic mass is 9.97. The monoisotopic (exact) mass is 289 g/mol. The van der Waals surface area contributed by atoms with Gasteiger partial charge in [0.1, 0.15) is 5.75 Å². The zero-order valence-electron chi connectivity index (χ0n) is 12.9. The Kier molecular flexibility index (Phi) is 5.33. The van der Waals surface area contributed by atoms with Gasteiger partial charge in [-0.1, -0.05) is 31.1 Å². The van der Waals surface area contributed by atoms with Crippen molar-refractivity contribution in [1.29, 1.82) is 0 Å². The fourth-order valence-electron chi connectivity index (χ4n) is 2.34. The number of rotatable bonds is 7. The molecular formula is C16H23N3O2. The number of benzene rings is 1. The van der Waals surface area contributed by atoms with Gasteiger partial charge in [0.15, 0.2) is 5.82 Å². The average molecular weight is 289 g/mol. The van der Waals surface area contributed by atoms with Crippen LogP contribution in [-0.2, 0) is 6.42 Å². The highest BCUT2D eigenvalue weighted by Gasteiger charge is 2.19. The Morgan fingerprint density at radius 1 is 1.33 bits per heavy atom. The van der Waals surface area contributed by atoms with Crippen LogP contribution < -0.4 is 10.5 Å². The number of hydrogen-bond donors (Lipinski definition) is 1. The normalized spacial score (nSPS) is 12.6. The molecule has 0 bridgehead atoms. The summed E-state index contributed by atoms with van der Waals surface area (Å²) in [6.07, 6.45) is 1.58. The van der Waals surface area contributed by atoms with E-state index in [0.717, 1.165) is 17.7 Å². The second-order valence-electron chi connectivity index (χ2n) is 5.64. The van der Waals surface area contributed by atoms with E-state index in [2.05, 4.69) is 24.0 Å². The zero-order chi connectivity index (χ0) is 15.2. The number of ether oxygens (including phenoxy) is 1. The summed E-state index contributed by atoms with van der Waals surface area (Å²) in [5.41, 5.74) is 6.90. The third kappa shape index (κ3) is 4.29. The Balaban J connectivity index is 2.08. The minimum absolute atomic E-state index is 0.136. The van der Waals surface area contributed by atoms with E-state index in [1.54, 1.807) is 7.11 Å². The summed E-state index contributed by atoms with van der Waals surface area (Å²) in [6, 6.07) is 7.87. The highest BCUT2D eigenvalue weighted by molar-refractivity contribution is 5.30. The molecule has 0 aliphatic heterocycles. The van der Waals surface area contributed by atoms with E-state index in [-0.39, 0.29) is 5.92 Å². The maximum absolute atomic E-state index is 5.81. The summed E-state index contributed by atoms with van der Waals surface area (Å²) >= 11 is 0. The first kappa shape index (κ1) is 15.5. The summed E-state index contributed by atoms with van der Waals surface area (Å²) < 4.78 is 10.6. The molecule has 0 amide bonds. The largest absolute Gasteiger partial charge is 0.497 e. The molecule has 1 atom stereocenters. The molecule has 5 nitrogen and oxygen atoms in total. The van der Waals surface area contributed by atoms with Gasteiger partial charge in [0.05, 0.1) is 13.0 Å². The summed E-state index contributed by atoms with van der Waals surface area (Å²) in [5, 5.41) is 4.06. The van der Waals surface area contributed by atoms with Gasteiger partial charge in [-0.2, -0.15) is 4.98 Å². The van der Waals surface area contributed by atoms with Gasteiger partial charge in [0, 0.05) is 13.0 Å². The highest BCUT2D eigenvalue weighted by Crippen LogP contribution is 2.22. The fourth-order valence-corrected chi connectivity index (χ4v) is 2.34. The van der Waals surface area contributed by atoms with Crippen LogP contribution in [0.1, 0.15) is 43.5 Å². The van der Waals surface area contributed by atoms with Crippen LogP contribution in [0.5, 0.6) is 5.75 Å². The molecule has 0 saturated heterocycles. The van der Waals surface area contributed by atoms with Crippen molar-refractivity contribution in [2.45, 2.75) is 32.6 Å². The van der Waals surface area contributed by atoms with E-state index in [0.29, 0.717) is 30.6 Å². The molecule has 0 radical (unpaired) electrons. The Hall–Kier alpha value is -1.88. The van der Waals surface area contributed by atoms with Gasteiger partial charge in [-0.3, -0.25) is 0 Å². The number of hydrogen-bond acceptors (Lipinski definition) is 5. The Morgan fingerprint density at radius 3 is 2.81 bits per heavy atom. The molecule has 0 aliphatic rings. The summed E-state index contributed by atoms with van der Waals surface area (Å²) in [4.78, 5) is 4.49. The maximum Gasteiger partial charge on any atom is 0.231 e. The molecule has 0 aliphatic carbocycles. The number of methoxy groups -OCH3 is 1. The van der Waals surface area contributed by atoms with Crippen molar-refractivity contribution < 1.29 is 9.26 Å². The van der Waals surface area contributed by atoms with Crippen LogP contribution in [0.3, 0.4) is 0 Å². The number of nitrogens with two attached hydrogens (primary N) is 1. The number of nitrogens with zero attached hydrogens (tertiary/aromatic N) is 2. The Bertz CT molecular complexity index is 566. The smallest absolute Gasteiger partial charge is 0.231 e. The van der Waals surface area contributed by atoms with Crippen LogP contribution in [0.2, 0.25) is 0 Å². The molecular weight excluding hydrogens is 266 g/mol. The SMILES string of the molecule is COc1cccc(Cc2noc(C(CN)CC(C)C)n2)c1.